The van der Waals surface area contributed by atoms with Crippen molar-refractivity contribution in [3.05, 3.63) is 60.2 Å². The Hall–Kier alpha value is -3.49. The van der Waals surface area contributed by atoms with Gasteiger partial charge in [-0.05, 0) is 29.8 Å². The van der Waals surface area contributed by atoms with Crippen molar-refractivity contribution in [1.82, 2.24) is 9.97 Å². The molecule has 2 aromatic carbocycles. The molecule has 9 heteroatoms. The predicted molar refractivity (Wildman–Crippen MR) is 98.9 cm³/mol. The third kappa shape index (κ3) is 5.26. The summed E-state index contributed by atoms with van der Waals surface area (Å²) in [5.41, 5.74) is 7.97. The van der Waals surface area contributed by atoms with E-state index in [0.717, 1.165) is 11.1 Å². The van der Waals surface area contributed by atoms with E-state index in [1.807, 2.05) is 24.3 Å². The summed E-state index contributed by atoms with van der Waals surface area (Å²) in [4.78, 5) is 8.36. The monoisotopic (exact) mass is 390 g/mol. The number of nitrogens with two attached hydrogens (primary N) is 1. The summed E-state index contributed by atoms with van der Waals surface area (Å²) in [6.07, 6.45) is -4.71. The lowest BCUT2D eigenvalue weighted by Crippen LogP contribution is -2.17. The van der Waals surface area contributed by atoms with E-state index >= 15 is 0 Å². The van der Waals surface area contributed by atoms with E-state index in [1.54, 1.807) is 13.2 Å². The first-order chi connectivity index (χ1) is 13.3. The Morgan fingerprint density at radius 2 is 1.75 bits per heavy atom. The highest BCUT2D eigenvalue weighted by atomic mass is 19.4. The third-order valence-electron chi connectivity index (χ3n) is 3.74. The van der Waals surface area contributed by atoms with Crippen LogP contribution >= 0.6 is 0 Å². The number of aromatic nitrogens is 2. The van der Waals surface area contributed by atoms with Crippen LogP contribution in [-0.2, 0) is 6.54 Å². The van der Waals surface area contributed by atoms with Crippen LogP contribution in [0.25, 0.3) is 11.3 Å². The number of anilines is 2. The fourth-order valence-corrected chi connectivity index (χ4v) is 2.49. The van der Waals surface area contributed by atoms with E-state index in [0.29, 0.717) is 23.8 Å². The molecule has 3 aromatic rings. The third-order valence-corrected chi connectivity index (χ3v) is 3.74. The molecule has 0 saturated carbocycles. The molecule has 0 amide bonds. The fraction of sp³-hybridized carbons (Fsp3) is 0.158. The first kappa shape index (κ1) is 19.3. The number of rotatable bonds is 6. The average Bonchev–Trinajstić information content (AvgIpc) is 2.66. The van der Waals surface area contributed by atoms with E-state index in [1.165, 1.54) is 24.3 Å². The molecule has 3 N–H and O–H groups in total. The minimum Gasteiger partial charge on any atom is -0.497 e. The SMILES string of the molecule is COc1cccc(-c2cc(NCc3ccc(OC(F)(F)F)cc3)nc(N)n2)c1. The lowest BCUT2D eigenvalue weighted by Gasteiger charge is -2.11. The predicted octanol–water partition coefficient (Wildman–Crippen LogP) is 4.25. The number of nitrogens with one attached hydrogen (secondary N) is 1. The van der Waals surface area contributed by atoms with Crippen molar-refractivity contribution in [3.8, 4) is 22.8 Å². The van der Waals surface area contributed by atoms with Crippen molar-refractivity contribution in [3.63, 3.8) is 0 Å². The normalized spacial score (nSPS) is 11.1. The lowest BCUT2D eigenvalue weighted by molar-refractivity contribution is -0.274. The summed E-state index contributed by atoms with van der Waals surface area (Å²) in [5.74, 6) is 0.992. The van der Waals surface area contributed by atoms with Gasteiger partial charge in [0.25, 0.3) is 0 Å². The molecular weight excluding hydrogens is 373 g/mol. The summed E-state index contributed by atoms with van der Waals surface area (Å²) in [7, 11) is 1.57. The van der Waals surface area contributed by atoms with Gasteiger partial charge in [0.15, 0.2) is 0 Å². The van der Waals surface area contributed by atoms with Crippen LogP contribution in [0.4, 0.5) is 24.9 Å². The molecule has 0 atom stereocenters. The molecule has 28 heavy (non-hydrogen) atoms. The molecule has 0 unspecified atom stereocenters. The van der Waals surface area contributed by atoms with Gasteiger partial charge >= 0.3 is 6.36 Å². The Morgan fingerprint density at radius 1 is 1.00 bits per heavy atom. The first-order valence-electron chi connectivity index (χ1n) is 8.20. The Morgan fingerprint density at radius 3 is 2.43 bits per heavy atom. The maximum Gasteiger partial charge on any atom is 0.573 e. The van der Waals surface area contributed by atoms with Gasteiger partial charge in [0.05, 0.1) is 12.8 Å². The number of hydrogen-bond donors (Lipinski definition) is 2. The molecule has 0 bridgehead atoms. The van der Waals surface area contributed by atoms with Crippen molar-refractivity contribution in [2.45, 2.75) is 12.9 Å². The van der Waals surface area contributed by atoms with Crippen molar-refractivity contribution in [1.29, 1.82) is 0 Å². The highest BCUT2D eigenvalue weighted by molar-refractivity contribution is 5.65. The summed E-state index contributed by atoms with van der Waals surface area (Å²) < 4.78 is 45.7. The zero-order valence-corrected chi connectivity index (χ0v) is 14.8. The molecule has 1 aromatic heterocycles. The van der Waals surface area contributed by atoms with Gasteiger partial charge in [-0.15, -0.1) is 13.2 Å². The van der Waals surface area contributed by atoms with Crippen LogP contribution in [0.15, 0.2) is 54.6 Å². The van der Waals surface area contributed by atoms with Crippen molar-refractivity contribution in [2.24, 2.45) is 0 Å². The topological polar surface area (TPSA) is 82.3 Å². The number of ether oxygens (including phenoxy) is 2. The number of alkyl halides is 3. The van der Waals surface area contributed by atoms with Gasteiger partial charge in [0.1, 0.15) is 17.3 Å². The van der Waals surface area contributed by atoms with E-state index in [-0.39, 0.29) is 11.7 Å². The number of nitrogens with zero attached hydrogens (tertiary/aromatic N) is 2. The van der Waals surface area contributed by atoms with Crippen LogP contribution in [0.1, 0.15) is 5.56 Å². The fourth-order valence-electron chi connectivity index (χ4n) is 2.49. The largest absolute Gasteiger partial charge is 0.573 e. The molecule has 0 radical (unpaired) electrons. The standard InChI is InChI=1S/C19H17F3N4O2/c1-27-15-4-2-3-13(9-15)16-10-17(26-18(23)25-16)24-11-12-5-7-14(8-6-12)28-19(20,21)22/h2-10H,11H2,1H3,(H3,23,24,25,26). The molecule has 0 aliphatic heterocycles. The maximum atomic E-state index is 12.2. The second kappa shape index (κ2) is 8.03. The molecule has 146 valence electrons. The van der Waals surface area contributed by atoms with Crippen LogP contribution in [0.2, 0.25) is 0 Å². The van der Waals surface area contributed by atoms with Crippen LogP contribution in [0, 0.1) is 0 Å². The molecule has 0 fully saturated rings. The number of halogens is 3. The Labute approximate surface area is 159 Å². The number of benzene rings is 2. The van der Waals surface area contributed by atoms with Crippen LogP contribution in [0.3, 0.4) is 0 Å². The molecule has 3 rings (SSSR count). The van der Waals surface area contributed by atoms with Gasteiger partial charge in [-0.3, -0.25) is 0 Å². The number of nitrogen functional groups attached to an aromatic ring is 1. The van der Waals surface area contributed by atoms with Gasteiger partial charge in [-0.1, -0.05) is 24.3 Å². The smallest absolute Gasteiger partial charge is 0.497 e. The zero-order chi connectivity index (χ0) is 20.1. The minimum atomic E-state index is -4.71. The summed E-state index contributed by atoms with van der Waals surface area (Å²) in [5, 5.41) is 3.08. The van der Waals surface area contributed by atoms with E-state index in [9.17, 15) is 13.2 Å². The highest BCUT2D eigenvalue weighted by Crippen LogP contribution is 2.25. The number of methoxy groups -OCH3 is 1. The van der Waals surface area contributed by atoms with Gasteiger partial charge in [-0.25, -0.2) is 4.98 Å². The number of hydrogen-bond acceptors (Lipinski definition) is 6. The molecule has 1 heterocycles. The van der Waals surface area contributed by atoms with Gasteiger partial charge in [0.2, 0.25) is 5.95 Å². The first-order valence-corrected chi connectivity index (χ1v) is 8.20. The Balaban J connectivity index is 1.72. The molecule has 6 nitrogen and oxygen atoms in total. The van der Waals surface area contributed by atoms with Crippen LogP contribution < -0.4 is 20.5 Å². The molecular formula is C19H17F3N4O2. The van der Waals surface area contributed by atoms with E-state index in [4.69, 9.17) is 10.5 Å². The van der Waals surface area contributed by atoms with Crippen molar-refractivity contribution in [2.75, 3.05) is 18.2 Å². The molecule has 0 aliphatic rings. The Bertz CT molecular complexity index is 947. The molecule has 0 spiro atoms. The van der Waals surface area contributed by atoms with Gasteiger partial charge in [0, 0.05) is 18.2 Å². The second-order valence-corrected chi connectivity index (χ2v) is 5.77. The lowest BCUT2D eigenvalue weighted by atomic mass is 10.1. The molecule has 0 aliphatic carbocycles. The summed E-state index contributed by atoms with van der Waals surface area (Å²) >= 11 is 0. The van der Waals surface area contributed by atoms with Crippen molar-refractivity contribution < 1.29 is 22.6 Å². The second-order valence-electron chi connectivity index (χ2n) is 5.77. The van der Waals surface area contributed by atoms with Gasteiger partial charge < -0.3 is 20.5 Å². The zero-order valence-electron chi connectivity index (χ0n) is 14.8. The summed E-state index contributed by atoms with van der Waals surface area (Å²) in [6.45, 7) is 0.334. The van der Waals surface area contributed by atoms with Crippen molar-refractivity contribution >= 4 is 11.8 Å². The minimum absolute atomic E-state index is 0.0942. The quantitative estimate of drug-likeness (QED) is 0.655. The summed E-state index contributed by atoms with van der Waals surface area (Å²) in [6, 6.07) is 14.6. The van der Waals surface area contributed by atoms with E-state index in [2.05, 4.69) is 20.0 Å². The van der Waals surface area contributed by atoms with Crippen LogP contribution in [0.5, 0.6) is 11.5 Å². The van der Waals surface area contributed by atoms with Gasteiger partial charge in [-0.2, -0.15) is 4.98 Å². The maximum absolute atomic E-state index is 12.2. The van der Waals surface area contributed by atoms with E-state index < -0.39 is 6.36 Å². The average molecular weight is 390 g/mol. The van der Waals surface area contributed by atoms with Crippen LogP contribution in [-0.4, -0.2) is 23.4 Å². The molecule has 0 saturated heterocycles. The highest BCUT2D eigenvalue weighted by Gasteiger charge is 2.30. The Kier molecular flexibility index (Phi) is 5.53.